The maximum Gasteiger partial charge on any atom is 0.271 e. The van der Waals surface area contributed by atoms with Gasteiger partial charge in [-0.2, -0.15) is 0 Å². The van der Waals surface area contributed by atoms with Gasteiger partial charge in [-0.05, 0) is 68.4 Å². The molecule has 0 aromatic heterocycles. The van der Waals surface area contributed by atoms with E-state index in [4.69, 9.17) is 11.6 Å². The van der Waals surface area contributed by atoms with Gasteiger partial charge in [0.05, 0.1) is 15.6 Å². The average Bonchev–Trinajstić information content (AvgIpc) is 2.87. The van der Waals surface area contributed by atoms with Gasteiger partial charge in [0.2, 0.25) is 0 Å². The highest BCUT2D eigenvalue weighted by Gasteiger charge is 2.34. The number of aromatic hydroxyl groups is 1. The summed E-state index contributed by atoms with van der Waals surface area (Å²) in [4.78, 5) is 19.8. The normalized spacial score (nSPS) is 17.7. The lowest BCUT2D eigenvalue weighted by molar-refractivity contribution is -0.113. The highest BCUT2D eigenvalue weighted by Crippen LogP contribution is 2.37. The number of rotatable bonds is 3. The molecule has 0 aliphatic carbocycles. The lowest BCUT2D eigenvalue weighted by atomic mass is 10.2. The largest absolute Gasteiger partial charge is 0.506 e. The molecule has 1 saturated heterocycles. The molecule has 3 rings (SSSR count). The number of amidine groups is 1. The van der Waals surface area contributed by atoms with Crippen molar-refractivity contribution < 1.29 is 9.90 Å². The van der Waals surface area contributed by atoms with E-state index >= 15 is 0 Å². The zero-order chi connectivity index (χ0) is 18.8. The van der Waals surface area contributed by atoms with E-state index in [1.807, 2.05) is 45.0 Å². The van der Waals surface area contributed by atoms with E-state index in [0.717, 1.165) is 16.8 Å². The van der Waals surface area contributed by atoms with Crippen LogP contribution >= 0.6 is 23.4 Å². The Labute approximate surface area is 162 Å². The molecule has 6 heteroatoms. The highest BCUT2D eigenvalue weighted by molar-refractivity contribution is 8.19. The van der Waals surface area contributed by atoms with E-state index in [-0.39, 0.29) is 22.7 Å². The second kappa shape index (κ2) is 7.56. The molecule has 1 N–H and O–H groups in total. The van der Waals surface area contributed by atoms with E-state index in [2.05, 4.69) is 4.99 Å². The fraction of sp³-hybridized carbons (Fsp3) is 0.200. The number of hydrogen-bond donors (Lipinski definition) is 1. The van der Waals surface area contributed by atoms with Crippen LogP contribution in [-0.2, 0) is 4.79 Å². The molecule has 134 valence electrons. The average molecular weight is 387 g/mol. The maximum absolute atomic E-state index is 13.0. The monoisotopic (exact) mass is 386 g/mol. The third-order valence-corrected chi connectivity index (χ3v) is 5.02. The van der Waals surface area contributed by atoms with E-state index < -0.39 is 0 Å². The van der Waals surface area contributed by atoms with Crippen LogP contribution in [0.2, 0.25) is 5.02 Å². The molecule has 1 aliphatic heterocycles. The summed E-state index contributed by atoms with van der Waals surface area (Å²) < 4.78 is 0. The highest BCUT2D eigenvalue weighted by atomic mass is 35.5. The van der Waals surface area contributed by atoms with Crippen molar-refractivity contribution in [1.29, 1.82) is 0 Å². The van der Waals surface area contributed by atoms with Gasteiger partial charge in [0.25, 0.3) is 5.91 Å². The first-order chi connectivity index (χ1) is 12.3. The molecule has 2 aromatic rings. The van der Waals surface area contributed by atoms with E-state index in [9.17, 15) is 9.90 Å². The van der Waals surface area contributed by atoms with Crippen LogP contribution < -0.4 is 4.90 Å². The Morgan fingerprint density at radius 2 is 1.88 bits per heavy atom. The van der Waals surface area contributed by atoms with Crippen molar-refractivity contribution in [2.45, 2.75) is 26.8 Å². The van der Waals surface area contributed by atoms with Crippen LogP contribution in [0, 0.1) is 6.92 Å². The number of phenols is 1. The quantitative estimate of drug-likeness (QED) is 0.734. The number of benzene rings is 2. The molecular formula is C20H19ClN2O2S. The molecule has 0 atom stereocenters. The van der Waals surface area contributed by atoms with Crippen molar-refractivity contribution in [3.05, 3.63) is 63.5 Å². The smallest absolute Gasteiger partial charge is 0.271 e. The standard InChI is InChI=1S/C20H19ClN2O2S/c1-12(2)22-20-23(15-7-4-13(3)5-8-15)19(25)18(26-20)11-14-6-9-17(24)16(21)10-14/h4-12,24H,1-3H3/b18-11-,22-20?. The molecule has 1 fully saturated rings. The number of carbonyl (C=O) groups is 1. The number of amides is 1. The Morgan fingerprint density at radius 1 is 1.19 bits per heavy atom. The SMILES string of the molecule is Cc1ccc(N2C(=O)/C(=C/c3ccc(O)c(Cl)c3)SC2=NC(C)C)cc1. The van der Waals surface area contributed by atoms with Gasteiger partial charge in [-0.3, -0.25) is 14.7 Å². The molecule has 0 bridgehead atoms. The summed E-state index contributed by atoms with van der Waals surface area (Å²) >= 11 is 7.31. The van der Waals surface area contributed by atoms with Crippen molar-refractivity contribution in [3.63, 3.8) is 0 Å². The molecule has 2 aromatic carbocycles. The molecule has 1 heterocycles. The first-order valence-electron chi connectivity index (χ1n) is 8.22. The van der Waals surface area contributed by atoms with E-state index in [1.165, 1.54) is 17.8 Å². The number of anilines is 1. The first kappa shape index (κ1) is 18.5. The van der Waals surface area contributed by atoms with Crippen LogP contribution in [0.1, 0.15) is 25.0 Å². The number of halogens is 1. The summed E-state index contributed by atoms with van der Waals surface area (Å²) in [5, 5.41) is 10.5. The second-order valence-electron chi connectivity index (χ2n) is 6.30. The number of aryl methyl sites for hydroxylation is 1. The fourth-order valence-corrected chi connectivity index (χ4v) is 3.77. The van der Waals surface area contributed by atoms with Gasteiger partial charge < -0.3 is 5.11 Å². The Kier molecular flexibility index (Phi) is 5.39. The molecule has 4 nitrogen and oxygen atoms in total. The first-order valence-corrected chi connectivity index (χ1v) is 9.41. The lowest BCUT2D eigenvalue weighted by Crippen LogP contribution is -2.29. The Balaban J connectivity index is 2.01. The van der Waals surface area contributed by atoms with Gasteiger partial charge in [-0.15, -0.1) is 0 Å². The van der Waals surface area contributed by atoms with Crippen LogP contribution in [0.5, 0.6) is 5.75 Å². The number of phenolic OH excluding ortho intramolecular Hbond substituents is 1. The zero-order valence-corrected chi connectivity index (χ0v) is 16.3. The van der Waals surface area contributed by atoms with Crippen molar-refractivity contribution >= 4 is 46.2 Å². The summed E-state index contributed by atoms with van der Waals surface area (Å²) in [6.07, 6.45) is 1.77. The molecule has 0 spiro atoms. The number of nitrogens with zero attached hydrogens (tertiary/aromatic N) is 2. The topological polar surface area (TPSA) is 52.9 Å². The van der Waals surface area contributed by atoms with Gasteiger partial charge in [0.1, 0.15) is 5.75 Å². The molecular weight excluding hydrogens is 368 g/mol. The minimum Gasteiger partial charge on any atom is -0.506 e. The van der Waals surface area contributed by atoms with Crippen molar-refractivity contribution in [1.82, 2.24) is 0 Å². The van der Waals surface area contributed by atoms with Gasteiger partial charge in [-0.1, -0.05) is 35.4 Å². The minimum atomic E-state index is -0.123. The maximum atomic E-state index is 13.0. The summed E-state index contributed by atoms with van der Waals surface area (Å²) in [6, 6.07) is 12.7. The van der Waals surface area contributed by atoms with Crippen LogP contribution in [0.25, 0.3) is 6.08 Å². The van der Waals surface area contributed by atoms with E-state index in [0.29, 0.717) is 10.1 Å². The second-order valence-corrected chi connectivity index (χ2v) is 7.72. The van der Waals surface area contributed by atoms with E-state index in [1.54, 1.807) is 23.1 Å². The third kappa shape index (κ3) is 3.94. The summed E-state index contributed by atoms with van der Waals surface area (Å²) in [6.45, 7) is 5.97. The van der Waals surface area contributed by atoms with Crippen LogP contribution in [0.3, 0.4) is 0 Å². The Hall–Kier alpha value is -2.24. The van der Waals surface area contributed by atoms with Crippen LogP contribution in [0.4, 0.5) is 5.69 Å². The number of hydrogen-bond acceptors (Lipinski definition) is 4. The van der Waals surface area contributed by atoms with Crippen molar-refractivity contribution in [3.8, 4) is 5.75 Å². The van der Waals surface area contributed by atoms with Gasteiger partial charge >= 0.3 is 0 Å². The molecule has 26 heavy (non-hydrogen) atoms. The molecule has 0 saturated carbocycles. The predicted octanol–water partition coefficient (Wildman–Crippen LogP) is 5.24. The molecule has 1 amide bonds. The van der Waals surface area contributed by atoms with Crippen LogP contribution in [-0.4, -0.2) is 22.2 Å². The molecule has 1 aliphatic rings. The molecule has 0 unspecified atom stereocenters. The summed E-state index contributed by atoms with van der Waals surface area (Å²) in [7, 11) is 0. The summed E-state index contributed by atoms with van der Waals surface area (Å²) in [5.41, 5.74) is 2.67. The lowest BCUT2D eigenvalue weighted by Gasteiger charge is -2.16. The molecule has 0 radical (unpaired) electrons. The van der Waals surface area contributed by atoms with Gasteiger partial charge in [0.15, 0.2) is 5.17 Å². The Morgan fingerprint density at radius 3 is 2.50 bits per heavy atom. The summed E-state index contributed by atoms with van der Waals surface area (Å²) in [5.74, 6) is -0.106. The van der Waals surface area contributed by atoms with Crippen LogP contribution in [0.15, 0.2) is 52.4 Å². The number of aliphatic imine (C=N–C) groups is 1. The number of carbonyl (C=O) groups excluding carboxylic acids is 1. The zero-order valence-electron chi connectivity index (χ0n) is 14.7. The van der Waals surface area contributed by atoms with Crippen molar-refractivity contribution in [2.75, 3.05) is 4.90 Å². The Bertz CT molecular complexity index is 905. The predicted molar refractivity (Wildman–Crippen MR) is 110 cm³/mol. The number of thioether (sulfide) groups is 1. The third-order valence-electron chi connectivity index (χ3n) is 3.74. The minimum absolute atomic E-state index is 0.0163. The van der Waals surface area contributed by atoms with Gasteiger partial charge in [0, 0.05) is 6.04 Å². The van der Waals surface area contributed by atoms with Gasteiger partial charge in [-0.25, -0.2) is 0 Å². The fourth-order valence-electron chi connectivity index (χ4n) is 2.47. The van der Waals surface area contributed by atoms with Crippen molar-refractivity contribution in [2.24, 2.45) is 4.99 Å².